The third kappa shape index (κ3) is 7.35. The number of H-pyrrole nitrogens is 2. The molecule has 0 unspecified atom stereocenters. The van der Waals surface area contributed by atoms with Gasteiger partial charge < -0.3 is 9.97 Å². The van der Waals surface area contributed by atoms with Gasteiger partial charge in [0.15, 0.2) is 0 Å². The highest BCUT2D eigenvalue weighted by Crippen LogP contribution is 2.42. The third-order valence-corrected chi connectivity index (χ3v) is 13.3. The zero-order chi connectivity index (χ0) is 43.1. The Morgan fingerprint density at radius 2 is 0.984 bits per heavy atom. The lowest BCUT2D eigenvalue weighted by molar-refractivity contribution is 0.796. The van der Waals surface area contributed by atoms with Crippen molar-refractivity contribution in [1.29, 1.82) is 0 Å². The second-order valence-corrected chi connectivity index (χ2v) is 17.1. The second kappa shape index (κ2) is 16.9. The van der Waals surface area contributed by atoms with Gasteiger partial charge in [0.2, 0.25) is 0 Å². The van der Waals surface area contributed by atoms with Gasteiger partial charge in [0, 0.05) is 38.8 Å². The van der Waals surface area contributed by atoms with E-state index in [1.807, 2.05) is 0 Å². The number of rotatable bonds is 7. The standard InChI is InChI=1S/C58H54N4/c1-9-11-22-45-39(7)52-32-50-35(3)37(5)57(61-50)56(58-38(6)36(4)51(62-58)33-53-40(8)46(23-12-10-2)55(60-53)34-54(45)59-52)42-29-27-41(28-30-42)19-13-16-26-49-47-24-17-14-20-43(47)31-44-21-15-18-25-48(44)49/h14-15,17-18,20-21,24-25,27-34,59-60H,9-12,22-23H2,1-8H3. The predicted molar refractivity (Wildman–Crippen MR) is 265 cm³/mol. The van der Waals surface area contributed by atoms with E-state index in [9.17, 15) is 0 Å². The number of allylic oxidation sites excluding steroid dienone is 4. The van der Waals surface area contributed by atoms with Crippen LogP contribution in [0.5, 0.6) is 0 Å². The highest BCUT2D eigenvalue weighted by Gasteiger charge is 2.25. The van der Waals surface area contributed by atoms with Crippen LogP contribution in [0, 0.1) is 37.5 Å². The molecule has 4 aromatic carbocycles. The van der Waals surface area contributed by atoms with Crippen molar-refractivity contribution in [3.63, 3.8) is 0 Å². The normalized spacial score (nSPS) is 12.5. The van der Waals surface area contributed by atoms with Gasteiger partial charge in [-0.1, -0.05) is 99.2 Å². The molecule has 0 saturated carbocycles. The molecule has 0 saturated heterocycles. The molecule has 0 spiro atoms. The number of nitrogens with zero attached hydrogens (tertiary/aromatic N) is 2. The van der Waals surface area contributed by atoms with Gasteiger partial charge in [0.25, 0.3) is 0 Å². The Labute approximate surface area is 366 Å². The minimum atomic E-state index is 0.903. The largest absolute Gasteiger partial charge is 0.355 e. The first-order valence-corrected chi connectivity index (χ1v) is 22.3. The summed E-state index contributed by atoms with van der Waals surface area (Å²) in [5.41, 5.74) is 22.5. The Hall–Kier alpha value is -6.88. The minimum absolute atomic E-state index is 0.903. The fraction of sp³-hybridized carbons (Fsp3) is 0.241. The molecule has 2 aliphatic rings. The molecule has 3 aromatic heterocycles. The average Bonchev–Trinajstić information content (AvgIpc) is 3.93. The van der Waals surface area contributed by atoms with Gasteiger partial charge >= 0.3 is 0 Å². The Morgan fingerprint density at radius 3 is 1.48 bits per heavy atom. The van der Waals surface area contributed by atoms with Gasteiger partial charge in [-0.15, -0.1) is 0 Å². The van der Waals surface area contributed by atoms with Crippen LogP contribution in [0.2, 0.25) is 0 Å². The molecule has 2 aliphatic heterocycles. The van der Waals surface area contributed by atoms with Crippen molar-refractivity contribution < 1.29 is 0 Å². The maximum atomic E-state index is 5.47. The van der Waals surface area contributed by atoms with Gasteiger partial charge in [-0.3, -0.25) is 0 Å². The lowest BCUT2D eigenvalue weighted by Gasteiger charge is -2.10. The van der Waals surface area contributed by atoms with E-state index in [1.165, 1.54) is 55.2 Å². The average molecular weight is 807 g/mol. The first kappa shape index (κ1) is 40.5. The third-order valence-electron chi connectivity index (χ3n) is 13.3. The Morgan fingerprint density at radius 1 is 0.500 bits per heavy atom. The van der Waals surface area contributed by atoms with Crippen LogP contribution in [-0.4, -0.2) is 19.9 Å². The quantitative estimate of drug-likeness (QED) is 0.124. The summed E-state index contributed by atoms with van der Waals surface area (Å²) in [7, 11) is 0. The van der Waals surface area contributed by atoms with Crippen molar-refractivity contribution in [1.82, 2.24) is 19.9 Å². The van der Waals surface area contributed by atoms with Crippen molar-refractivity contribution in [2.45, 2.75) is 93.9 Å². The van der Waals surface area contributed by atoms with Crippen LogP contribution in [0.1, 0.15) is 123 Å². The summed E-state index contributed by atoms with van der Waals surface area (Å²) in [6.45, 7) is 17.9. The number of hydrogen-bond acceptors (Lipinski definition) is 2. The van der Waals surface area contributed by atoms with Crippen LogP contribution in [0.25, 0.3) is 77.0 Å². The second-order valence-electron chi connectivity index (χ2n) is 17.1. The molecule has 0 atom stereocenters. The van der Waals surface area contributed by atoms with Gasteiger partial charge in [0.05, 0.1) is 22.8 Å². The van der Waals surface area contributed by atoms with Crippen LogP contribution in [0.15, 0.2) is 97.1 Å². The molecule has 62 heavy (non-hydrogen) atoms. The van der Waals surface area contributed by atoms with E-state index >= 15 is 0 Å². The van der Waals surface area contributed by atoms with Crippen LogP contribution in [0.3, 0.4) is 0 Å². The van der Waals surface area contributed by atoms with Crippen molar-refractivity contribution >= 4 is 65.9 Å². The predicted octanol–water partition coefficient (Wildman–Crippen LogP) is 14.9. The highest BCUT2D eigenvalue weighted by atomic mass is 14.8. The molecule has 7 aromatic rings. The first-order valence-electron chi connectivity index (χ1n) is 22.3. The van der Waals surface area contributed by atoms with Gasteiger partial charge in [-0.05, 0) is 187 Å². The van der Waals surface area contributed by atoms with E-state index in [4.69, 9.17) is 9.97 Å². The number of nitrogens with one attached hydrogen (secondary N) is 2. The summed E-state index contributed by atoms with van der Waals surface area (Å²) in [6.07, 6.45) is 6.64. The number of fused-ring (bicyclic) bond motifs is 10. The van der Waals surface area contributed by atoms with Crippen LogP contribution in [-0.2, 0) is 12.8 Å². The number of aromatic amines is 2. The monoisotopic (exact) mass is 806 g/mol. The molecule has 0 aliphatic carbocycles. The molecule has 0 amide bonds. The van der Waals surface area contributed by atoms with E-state index in [0.717, 1.165) is 117 Å². The summed E-state index contributed by atoms with van der Waals surface area (Å²) < 4.78 is 0. The summed E-state index contributed by atoms with van der Waals surface area (Å²) in [6, 6.07) is 34.5. The Balaban J connectivity index is 1.23. The van der Waals surface area contributed by atoms with Crippen molar-refractivity contribution in [3.8, 4) is 34.8 Å². The molecule has 4 heteroatoms. The first-order chi connectivity index (χ1) is 30.1. The zero-order valence-corrected chi connectivity index (χ0v) is 37.4. The molecule has 0 fully saturated rings. The summed E-state index contributed by atoms with van der Waals surface area (Å²) in [5, 5.41) is 4.64. The van der Waals surface area contributed by atoms with Crippen LogP contribution < -0.4 is 0 Å². The van der Waals surface area contributed by atoms with E-state index in [1.54, 1.807) is 0 Å². The molecule has 2 N–H and O–H groups in total. The van der Waals surface area contributed by atoms with Gasteiger partial charge in [-0.2, -0.15) is 0 Å². The maximum absolute atomic E-state index is 5.47. The maximum Gasteiger partial charge on any atom is 0.0769 e. The van der Waals surface area contributed by atoms with E-state index in [-0.39, 0.29) is 0 Å². The number of hydrogen-bond donors (Lipinski definition) is 2. The van der Waals surface area contributed by atoms with Crippen LogP contribution in [0.4, 0.5) is 0 Å². The van der Waals surface area contributed by atoms with E-state index < -0.39 is 0 Å². The number of aromatic nitrogens is 4. The molecule has 5 heterocycles. The van der Waals surface area contributed by atoms with E-state index in [0.29, 0.717) is 0 Å². The summed E-state index contributed by atoms with van der Waals surface area (Å²) >= 11 is 0. The molecule has 8 bridgehead atoms. The van der Waals surface area contributed by atoms with E-state index in [2.05, 4.69) is 186 Å². The van der Waals surface area contributed by atoms with Gasteiger partial charge in [-0.25, -0.2) is 9.97 Å². The van der Waals surface area contributed by atoms with Crippen molar-refractivity contribution in [2.75, 3.05) is 0 Å². The smallest absolute Gasteiger partial charge is 0.0769 e. The summed E-state index contributed by atoms with van der Waals surface area (Å²) in [5.74, 6) is 13.1. The lowest BCUT2D eigenvalue weighted by atomic mass is 9.94. The topological polar surface area (TPSA) is 57.4 Å². The molecule has 4 nitrogen and oxygen atoms in total. The lowest BCUT2D eigenvalue weighted by Crippen LogP contribution is -1.93. The number of aryl methyl sites for hydroxylation is 4. The van der Waals surface area contributed by atoms with Crippen LogP contribution >= 0.6 is 0 Å². The molecular formula is C58H54N4. The Bertz CT molecular complexity index is 3150. The van der Waals surface area contributed by atoms with Crippen molar-refractivity contribution in [2.24, 2.45) is 0 Å². The summed E-state index contributed by atoms with van der Waals surface area (Å²) in [4.78, 5) is 18.7. The fourth-order valence-corrected chi connectivity index (χ4v) is 9.20. The minimum Gasteiger partial charge on any atom is -0.355 e. The van der Waals surface area contributed by atoms with Crippen molar-refractivity contribution in [3.05, 3.63) is 153 Å². The van der Waals surface area contributed by atoms with Gasteiger partial charge in [0.1, 0.15) is 0 Å². The fourth-order valence-electron chi connectivity index (χ4n) is 9.20. The SMILES string of the molecule is CCCCc1c(C)c2cc3nc(c(-c4ccc(C#CC#Cc5c6ccccc6cc6ccccc56)cc4)c4nc(cc5[nH]c(cc1[nH]2)c(CCCC)c5C)C(C)=C4C)C(C)=C3C. The number of unbranched alkanes of at least 4 members (excludes halogenated alkanes) is 2. The molecular weight excluding hydrogens is 753 g/mol. The highest BCUT2D eigenvalue weighted by molar-refractivity contribution is 6.05. The molecule has 306 valence electrons. The molecule has 0 radical (unpaired) electrons. The molecule has 9 rings (SSSR count). The Kier molecular flexibility index (Phi) is 11.0. The zero-order valence-electron chi connectivity index (χ0n) is 37.4. The number of benzene rings is 4.